The van der Waals surface area contributed by atoms with Gasteiger partial charge < -0.3 is 5.11 Å². The predicted octanol–water partition coefficient (Wildman–Crippen LogP) is 3.36. The van der Waals surface area contributed by atoms with E-state index in [0.717, 1.165) is 12.0 Å². The minimum atomic E-state index is -3.68. The molecular formula is C23H24N2O3S. The summed E-state index contributed by atoms with van der Waals surface area (Å²) >= 11 is 0. The Labute approximate surface area is 171 Å². The molecule has 0 aliphatic carbocycles. The number of nitrogens with zero attached hydrogens (tertiary/aromatic N) is 2. The molecular weight excluding hydrogens is 384 g/mol. The molecule has 2 heterocycles. The summed E-state index contributed by atoms with van der Waals surface area (Å²) in [6, 6.07) is 20.0. The van der Waals surface area contributed by atoms with Crippen molar-refractivity contribution in [2.24, 2.45) is 0 Å². The molecule has 0 saturated carbocycles. The van der Waals surface area contributed by atoms with Crippen molar-refractivity contribution >= 4 is 10.0 Å². The number of benzene rings is 2. The zero-order chi connectivity index (χ0) is 20.3. The van der Waals surface area contributed by atoms with Crippen molar-refractivity contribution in [3.63, 3.8) is 0 Å². The lowest BCUT2D eigenvalue weighted by Gasteiger charge is -2.39. The molecule has 1 aromatic heterocycles. The molecule has 0 spiro atoms. The summed E-state index contributed by atoms with van der Waals surface area (Å²) in [5, 5.41) is 11.1. The highest BCUT2D eigenvalue weighted by Gasteiger charge is 2.43. The van der Waals surface area contributed by atoms with Crippen molar-refractivity contribution in [3.8, 4) is 0 Å². The molecule has 0 bridgehead atoms. The molecule has 0 saturated heterocycles. The molecule has 4 rings (SSSR count). The molecule has 5 nitrogen and oxygen atoms in total. The van der Waals surface area contributed by atoms with Crippen molar-refractivity contribution in [1.82, 2.24) is 9.29 Å². The Morgan fingerprint density at radius 3 is 2.34 bits per heavy atom. The van der Waals surface area contributed by atoms with Crippen LogP contribution in [0.4, 0.5) is 0 Å². The zero-order valence-corrected chi connectivity index (χ0v) is 16.9. The van der Waals surface area contributed by atoms with E-state index in [1.807, 2.05) is 42.5 Å². The zero-order valence-electron chi connectivity index (χ0n) is 16.1. The Balaban J connectivity index is 1.64. The van der Waals surface area contributed by atoms with Gasteiger partial charge in [-0.1, -0.05) is 48.5 Å². The van der Waals surface area contributed by atoms with Crippen molar-refractivity contribution in [2.45, 2.75) is 36.3 Å². The van der Waals surface area contributed by atoms with E-state index in [0.29, 0.717) is 24.9 Å². The third-order valence-corrected chi connectivity index (χ3v) is 7.44. The lowest BCUT2D eigenvalue weighted by Crippen LogP contribution is -2.49. The molecule has 0 fully saturated rings. The fourth-order valence-corrected chi connectivity index (χ4v) is 5.88. The maximum absolute atomic E-state index is 13.4. The second-order valence-electron chi connectivity index (χ2n) is 7.31. The summed E-state index contributed by atoms with van der Waals surface area (Å²) in [5.74, 6) is 0. The first-order chi connectivity index (χ1) is 14.1. The molecule has 1 aliphatic heterocycles. The number of aromatic nitrogens is 1. The van der Waals surface area contributed by atoms with Crippen LogP contribution in [0.25, 0.3) is 0 Å². The monoisotopic (exact) mass is 408 g/mol. The van der Waals surface area contributed by atoms with Crippen LogP contribution in [0, 0.1) is 0 Å². The highest BCUT2D eigenvalue weighted by Crippen LogP contribution is 2.38. The summed E-state index contributed by atoms with van der Waals surface area (Å²) in [5.41, 5.74) is 2.60. The van der Waals surface area contributed by atoms with Crippen LogP contribution in [-0.2, 0) is 22.9 Å². The number of pyridine rings is 1. The molecule has 0 radical (unpaired) electrons. The van der Waals surface area contributed by atoms with Gasteiger partial charge in [0.25, 0.3) is 0 Å². The Kier molecular flexibility index (Phi) is 5.76. The Hall–Kier alpha value is -2.54. The second-order valence-corrected chi connectivity index (χ2v) is 9.17. The minimum Gasteiger partial charge on any atom is -0.387 e. The van der Waals surface area contributed by atoms with Crippen molar-refractivity contribution in [2.75, 3.05) is 6.54 Å². The molecule has 1 aliphatic rings. The molecule has 6 heteroatoms. The molecule has 2 aromatic carbocycles. The maximum atomic E-state index is 13.4. The predicted molar refractivity (Wildman–Crippen MR) is 112 cm³/mol. The van der Waals surface area contributed by atoms with Gasteiger partial charge in [-0.25, -0.2) is 8.42 Å². The highest BCUT2D eigenvalue weighted by atomic mass is 32.2. The van der Waals surface area contributed by atoms with E-state index >= 15 is 0 Å². The first-order valence-electron chi connectivity index (χ1n) is 9.79. The first kappa shape index (κ1) is 19.8. The van der Waals surface area contributed by atoms with Crippen LogP contribution in [0.3, 0.4) is 0 Å². The van der Waals surface area contributed by atoms with Gasteiger partial charge >= 0.3 is 0 Å². The number of sulfonamides is 1. The smallest absolute Gasteiger partial charge is 0.243 e. The first-order valence-corrected chi connectivity index (χ1v) is 11.2. The lowest BCUT2D eigenvalue weighted by atomic mass is 9.95. The van der Waals surface area contributed by atoms with Crippen LogP contribution in [0.2, 0.25) is 0 Å². The van der Waals surface area contributed by atoms with E-state index in [4.69, 9.17) is 0 Å². The van der Waals surface area contributed by atoms with Crippen LogP contribution >= 0.6 is 0 Å². The summed E-state index contributed by atoms with van der Waals surface area (Å²) in [6.07, 6.45) is 4.40. The molecule has 3 aromatic rings. The van der Waals surface area contributed by atoms with Crippen molar-refractivity contribution in [1.29, 1.82) is 0 Å². The second kappa shape index (κ2) is 8.45. The van der Waals surface area contributed by atoms with Gasteiger partial charge in [-0.05, 0) is 48.6 Å². The van der Waals surface area contributed by atoms with E-state index in [9.17, 15) is 13.5 Å². The Morgan fingerprint density at radius 1 is 0.897 bits per heavy atom. The quantitative estimate of drug-likeness (QED) is 0.679. The van der Waals surface area contributed by atoms with E-state index < -0.39 is 22.2 Å². The van der Waals surface area contributed by atoms with E-state index in [2.05, 4.69) is 4.98 Å². The summed E-state index contributed by atoms with van der Waals surface area (Å²) in [4.78, 5) is 4.24. The van der Waals surface area contributed by atoms with Crippen LogP contribution in [0.5, 0.6) is 0 Å². The number of hydrogen-bond acceptors (Lipinski definition) is 4. The van der Waals surface area contributed by atoms with Gasteiger partial charge in [0.15, 0.2) is 0 Å². The van der Waals surface area contributed by atoms with Crippen LogP contribution in [0.15, 0.2) is 84.0 Å². The largest absolute Gasteiger partial charge is 0.387 e. The summed E-state index contributed by atoms with van der Waals surface area (Å²) < 4.78 is 28.3. The van der Waals surface area contributed by atoms with Gasteiger partial charge in [-0.3, -0.25) is 4.98 Å². The van der Waals surface area contributed by atoms with E-state index in [1.165, 1.54) is 9.87 Å². The average molecular weight is 409 g/mol. The maximum Gasteiger partial charge on any atom is 0.243 e. The number of hydrogen-bond donors (Lipinski definition) is 1. The number of aliphatic hydroxyl groups excluding tert-OH is 1. The van der Waals surface area contributed by atoms with E-state index in [1.54, 1.807) is 36.7 Å². The number of aryl methyl sites for hydroxylation is 1. The van der Waals surface area contributed by atoms with Crippen molar-refractivity contribution < 1.29 is 13.5 Å². The standard InChI is InChI=1S/C23H24N2O3S/c26-23-20-10-4-5-11-22(20)29(27,28)25(16-6-9-18-7-2-1-3-8-18)21(23)17-19-12-14-24-15-13-19/h1-5,7-8,10-15,21,23,26H,6,9,16-17H2/t21-,23-/m0/s1. The third-order valence-electron chi connectivity index (χ3n) is 5.44. The Morgan fingerprint density at radius 2 is 1.59 bits per heavy atom. The normalized spacial score (nSPS) is 20.9. The fraction of sp³-hybridized carbons (Fsp3) is 0.261. The van der Waals surface area contributed by atoms with Crippen LogP contribution in [-0.4, -0.2) is 35.4 Å². The van der Waals surface area contributed by atoms with Gasteiger partial charge in [0.05, 0.1) is 17.0 Å². The number of fused-ring (bicyclic) bond motifs is 1. The van der Waals surface area contributed by atoms with Gasteiger partial charge in [0, 0.05) is 24.5 Å². The average Bonchev–Trinajstić information content (AvgIpc) is 2.75. The SMILES string of the molecule is O=S1(=O)c2ccccc2[C@H](O)[C@H](Cc2ccncc2)N1CCCc1ccccc1. The van der Waals surface area contributed by atoms with Gasteiger partial charge in [-0.15, -0.1) is 0 Å². The van der Waals surface area contributed by atoms with Gasteiger partial charge in [-0.2, -0.15) is 4.31 Å². The molecule has 29 heavy (non-hydrogen) atoms. The molecule has 0 amide bonds. The topological polar surface area (TPSA) is 70.5 Å². The molecule has 150 valence electrons. The lowest BCUT2D eigenvalue weighted by molar-refractivity contribution is 0.0792. The fourth-order valence-electron chi connectivity index (χ4n) is 3.97. The third kappa shape index (κ3) is 4.10. The van der Waals surface area contributed by atoms with Crippen LogP contribution in [0.1, 0.15) is 29.2 Å². The minimum absolute atomic E-state index is 0.207. The number of rotatable bonds is 6. The summed E-state index contributed by atoms with van der Waals surface area (Å²) in [7, 11) is -3.68. The van der Waals surface area contributed by atoms with Gasteiger partial charge in [0.2, 0.25) is 10.0 Å². The summed E-state index contributed by atoms with van der Waals surface area (Å²) in [6.45, 7) is 0.359. The van der Waals surface area contributed by atoms with E-state index in [-0.39, 0.29) is 4.90 Å². The molecule has 1 N–H and O–H groups in total. The van der Waals surface area contributed by atoms with Gasteiger partial charge in [0.1, 0.15) is 0 Å². The Bertz CT molecular complexity index is 1060. The molecule has 2 atom stereocenters. The molecule has 0 unspecified atom stereocenters. The highest BCUT2D eigenvalue weighted by molar-refractivity contribution is 7.89. The van der Waals surface area contributed by atoms with Crippen molar-refractivity contribution in [3.05, 3.63) is 95.8 Å². The number of aliphatic hydroxyl groups is 1. The van der Waals surface area contributed by atoms with Crippen LogP contribution < -0.4 is 0 Å².